The molecule has 0 heterocycles. The average Bonchev–Trinajstić information content (AvgIpc) is 2.37. The Bertz CT molecular complexity index is 508. The number of carbonyl (C=O) groups excluding carboxylic acids is 1. The third-order valence-corrected chi connectivity index (χ3v) is 3.60. The van der Waals surface area contributed by atoms with Crippen LogP contribution in [0.3, 0.4) is 0 Å². The van der Waals surface area contributed by atoms with Crippen LogP contribution in [-0.4, -0.2) is 31.3 Å². The summed E-state index contributed by atoms with van der Waals surface area (Å²) in [6, 6.07) is 8.11. The Morgan fingerprint density at radius 1 is 1.50 bits per heavy atom. The molecule has 0 bridgehead atoms. The van der Waals surface area contributed by atoms with Crippen molar-refractivity contribution in [2.45, 2.75) is 31.7 Å². The molecule has 5 heteroatoms. The Morgan fingerprint density at radius 3 is 2.75 bits per heavy atom. The summed E-state index contributed by atoms with van der Waals surface area (Å²) in [4.78, 5) is 14.6. The van der Waals surface area contributed by atoms with Crippen molar-refractivity contribution in [3.63, 3.8) is 0 Å². The van der Waals surface area contributed by atoms with Gasteiger partial charge >= 0.3 is 0 Å². The van der Waals surface area contributed by atoms with Gasteiger partial charge in [-0.25, -0.2) is 0 Å². The van der Waals surface area contributed by atoms with Crippen molar-refractivity contribution < 1.29 is 4.79 Å². The molecule has 0 atom stereocenters. The number of benzene rings is 1. The highest BCUT2D eigenvalue weighted by atomic mass is 32.2. The van der Waals surface area contributed by atoms with E-state index in [0.717, 1.165) is 16.3 Å². The van der Waals surface area contributed by atoms with E-state index in [1.807, 2.05) is 44.0 Å². The van der Waals surface area contributed by atoms with E-state index in [4.69, 9.17) is 0 Å². The molecule has 1 amide bonds. The van der Waals surface area contributed by atoms with Gasteiger partial charge in [-0.15, -0.1) is 11.8 Å². The first-order chi connectivity index (χ1) is 9.49. The van der Waals surface area contributed by atoms with E-state index in [2.05, 4.69) is 18.3 Å². The first-order valence-electron chi connectivity index (χ1n) is 6.66. The number of carbonyl (C=O) groups is 1. The lowest BCUT2D eigenvalue weighted by atomic mass is 10.2. The molecule has 0 saturated carbocycles. The van der Waals surface area contributed by atoms with E-state index in [-0.39, 0.29) is 18.5 Å². The summed E-state index contributed by atoms with van der Waals surface area (Å²) in [6.45, 7) is 6.15. The summed E-state index contributed by atoms with van der Waals surface area (Å²) in [7, 11) is 1.83. The minimum Gasteiger partial charge on any atom is -0.364 e. The summed E-state index contributed by atoms with van der Waals surface area (Å²) >= 11 is 1.64. The van der Waals surface area contributed by atoms with Crippen molar-refractivity contribution in [3.05, 3.63) is 23.8 Å². The molecular formula is C15H21N3OS. The van der Waals surface area contributed by atoms with Crippen LogP contribution in [-0.2, 0) is 4.79 Å². The van der Waals surface area contributed by atoms with E-state index in [9.17, 15) is 10.1 Å². The molecule has 0 fully saturated rings. The van der Waals surface area contributed by atoms with Crippen molar-refractivity contribution in [1.82, 2.24) is 5.32 Å². The highest BCUT2D eigenvalue weighted by Crippen LogP contribution is 2.29. The van der Waals surface area contributed by atoms with Gasteiger partial charge in [-0.3, -0.25) is 4.79 Å². The maximum atomic E-state index is 11.8. The molecule has 0 aliphatic rings. The number of rotatable bonds is 6. The molecule has 20 heavy (non-hydrogen) atoms. The number of nitrogens with zero attached hydrogens (tertiary/aromatic N) is 2. The fraction of sp³-hybridized carbons (Fsp3) is 0.467. The maximum Gasteiger partial charge on any atom is 0.239 e. The monoisotopic (exact) mass is 291 g/mol. The molecule has 0 radical (unpaired) electrons. The van der Waals surface area contributed by atoms with Gasteiger partial charge in [-0.05, 0) is 31.7 Å². The van der Waals surface area contributed by atoms with Gasteiger partial charge in [-0.1, -0.05) is 13.0 Å². The topological polar surface area (TPSA) is 56.1 Å². The number of thioether (sulfide) groups is 1. The summed E-state index contributed by atoms with van der Waals surface area (Å²) in [5.74, 6) is 0.871. The SMILES string of the molecule is CCSc1cccc(N(C)CC(=O)NC(C)C)c1C#N. The molecule has 0 unspecified atom stereocenters. The molecule has 108 valence electrons. The lowest BCUT2D eigenvalue weighted by Gasteiger charge is -2.21. The Labute approximate surface area is 125 Å². The van der Waals surface area contributed by atoms with Crippen LogP contribution in [0.5, 0.6) is 0 Å². The number of anilines is 1. The van der Waals surface area contributed by atoms with E-state index in [1.54, 1.807) is 11.8 Å². The summed E-state index contributed by atoms with van der Waals surface area (Å²) in [5.41, 5.74) is 1.43. The molecule has 4 nitrogen and oxygen atoms in total. The van der Waals surface area contributed by atoms with Gasteiger partial charge in [0.1, 0.15) is 6.07 Å². The van der Waals surface area contributed by atoms with Crippen molar-refractivity contribution in [3.8, 4) is 6.07 Å². The number of likely N-dealkylation sites (N-methyl/N-ethyl adjacent to an activating group) is 1. The highest BCUT2D eigenvalue weighted by Gasteiger charge is 2.14. The minimum absolute atomic E-state index is 0.0417. The second-order valence-electron chi connectivity index (χ2n) is 4.77. The van der Waals surface area contributed by atoms with Crippen molar-refractivity contribution in [1.29, 1.82) is 5.26 Å². The van der Waals surface area contributed by atoms with E-state index >= 15 is 0 Å². The summed E-state index contributed by atoms with van der Waals surface area (Å²) < 4.78 is 0. The van der Waals surface area contributed by atoms with Gasteiger partial charge < -0.3 is 10.2 Å². The largest absolute Gasteiger partial charge is 0.364 e. The van der Waals surface area contributed by atoms with Gasteiger partial charge in [0, 0.05) is 18.0 Å². The smallest absolute Gasteiger partial charge is 0.239 e. The zero-order valence-electron chi connectivity index (χ0n) is 12.4. The molecule has 1 aromatic rings. The van der Waals surface area contributed by atoms with Gasteiger partial charge in [0.05, 0.1) is 17.8 Å². The van der Waals surface area contributed by atoms with Crippen LogP contribution in [0.15, 0.2) is 23.1 Å². The molecule has 0 aliphatic carbocycles. The summed E-state index contributed by atoms with van der Waals surface area (Å²) in [5, 5.41) is 12.2. The molecule has 0 saturated heterocycles. The maximum absolute atomic E-state index is 11.8. The Morgan fingerprint density at radius 2 is 2.20 bits per heavy atom. The third kappa shape index (κ3) is 4.46. The van der Waals surface area contributed by atoms with Gasteiger partial charge in [0.2, 0.25) is 5.91 Å². The third-order valence-electron chi connectivity index (χ3n) is 2.66. The molecule has 0 aliphatic heterocycles. The predicted molar refractivity (Wildman–Crippen MR) is 84.1 cm³/mol. The first-order valence-corrected chi connectivity index (χ1v) is 7.64. The van der Waals surface area contributed by atoms with Crippen LogP contribution in [0.1, 0.15) is 26.3 Å². The van der Waals surface area contributed by atoms with E-state index < -0.39 is 0 Å². The second-order valence-corrected chi connectivity index (χ2v) is 6.08. The Kier molecular flexibility index (Phi) is 6.40. The Hall–Kier alpha value is -1.67. The number of nitriles is 1. The quantitative estimate of drug-likeness (QED) is 0.819. The average molecular weight is 291 g/mol. The highest BCUT2D eigenvalue weighted by molar-refractivity contribution is 7.99. The lowest BCUT2D eigenvalue weighted by molar-refractivity contribution is -0.120. The van der Waals surface area contributed by atoms with Gasteiger partial charge in [-0.2, -0.15) is 5.26 Å². The number of hydrogen-bond donors (Lipinski definition) is 1. The fourth-order valence-corrected chi connectivity index (χ4v) is 2.67. The molecule has 0 aromatic heterocycles. The van der Waals surface area contributed by atoms with Crippen LogP contribution < -0.4 is 10.2 Å². The number of amides is 1. The van der Waals surface area contributed by atoms with E-state index in [1.165, 1.54) is 0 Å². The van der Waals surface area contributed by atoms with Crippen LogP contribution in [0.2, 0.25) is 0 Å². The molecule has 1 rings (SSSR count). The summed E-state index contributed by atoms with van der Waals surface area (Å²) in [6.07, 6.45) is 0. The van der Waals surface area contributed by atoms with Crippen molar-refractivity contribution >= 4 is 23.4 Å². The minimum atomic E-state index is -0.0417. The van der Waals surface area contributed by atoms with Gasteiger partial charge in [0.25, 0.3) is 0 Å². The lowest BCUT2D eigenvalue weighted by Crippen LogP contribution is -2.38. The van der Waals surface area contributed by atoms with Crippen molar-refractivity contribution in [2.75, 3.05) is 24.2 Å². The van der Waals surface area contributed by atoms with Crippen LogP contribution in [0, 0.1) is 11.3 Å². The van der Waals surface area contributed by atoms with Crippen LogP contribution >= 0.6 is 11.8 Å². The first kappa shape index (κ1) is 16.4. The standard InChI is InChI=1S/C15H21N3OS/c1-5-20-14-8-6-7-13(12(14)9-16)18(4)10-15(19)17-11(2)3/h6-8,11H,5,10H2,1-4H3,(H,17,19). The molecule has 0 spiro atoms. The number of hydrogen-bond acceptors (Lipinski definition) is 4. The normalized spacial score (nSPS) is 10.2. The fourth-order valence-electron chi connectivity index (χ4n) is 1.89. The van der Waals surface area contributed by atoms with Crippen LogP contribution in [0.25, 0.3) is 0 Å². The molecule has 1 N–H and O–H groups in total. The predicted octanol–water partition coefficient (Wildman–Crippen LogP) is 2.63. The number of nitrogens with one attached hydrogen (secondary N) is 1. The van der Waals surface area contributed by atoms with Crippen LogP contribution in [0.4, 0.5) is 5.69 Å². The van der Waals surface area contributed by atoms with E-state index in [0.29, 0.717) is 5.56 Å². The molecular weight excluding hydrogens is 270 g/mol. The zero-order chi connectivity index (χ0) is 15.1. The zero-order valence-corrected chi connectivity index (χ0v) is 13.3. The van der Waals surface area contributed by atoms with Crippen molar-refractivity contribution in [2.24, 2.45) is 0 Å². The van der Waals surface area contributed by atoms with Gasteiger partial charge in [0.15, 0.2) is 0 Å². The second kappa shape index (κ2) is 7.81. The molecule has 1 aromatic carbocycles. The Balaban J connectivity index is 2.93.